The predicted octanol–water partition coefficient (Wildman–Crippen LogP) is -3.56. The van der Waals surface area contributed by atoms with Crippen LogP contribution in [0.4, 0.5) is 0 Å². The maximum Gasteiger partial charge on any atom is 0.332 e. The molecule has 7 atom stereocenters. The number of aliphatic hydroxyl groups excluding tert-OH is 3. The first kappa shape index (κ1) is 27.7. The summed E-state index contributed by atoms with van der Waals surface area (Å²) in [4.78, 5) is 47.6. The molecular weight excluding hydrogens is 428 g/mol. The molecule has 0 aromatic carbocycles. The van der Waals surface area contributed by atoms with Crippen LogP contribution in [0.3, 0.4) is 0 Å². The molecule has 1 aliphatic heterocycles. The molecule has 0 aromatic heterocycles. The number of hydrogen-bond acceptors (Lipinski definition) is 9. The van der Waals surface area contributed by atoms with E-state index in [0.29, 0.717) is 6.42 Å². The van der Waals surface area contributed by atoms with Crippen LogP contribution in [0.5, 0.6) is 0 Å². The molecule has 0 unspecified atom stereocenters. The Balaban J connectivity index is 2.66. The maximum absolute atomic E-state index is 12.5. The molecule has 1 aliphatic rings. The molecule has 32 heavy (non-hydrogen) atoms. The van der Waals surface area contributed by atoms with Crippen molar-refractivity contribution in [2.45, 2.75) is 75.7 Å². The van der Waals surface area contributed by atoms with E-state index in [9.17, 15) is 34.5 Å². The Bertz CT molecular complexity index is 663. The summed E-state index contributed by atoms with van der Waals surface area (Å²) in [6.07, 6.45) is -6.79. The first-order valence-corrected chi connectivity index (χ1v) is 10.5. The van der Waals surface area contributed by atoms with E-state index in [2.05, 4.69) is 21.3 Å². The summed E-state index contributed by atoms with van der Waals surface area (Å²) >= 11 is 0. The highest BCUT2D eigenvalue weighted by Gasteiger charge is 2.43. The van der Waals surface area contributed by atoms with Crippen molar-refractivity contribution in [2.75, 3.05) is 20.1 Å². The summed E-state index contributed by atoms with van der Waals surface area (Å²) < 4.78 is 5.16. The van der Waals surface area contributed by atoms with Crippen molar-refractivity contribution in [3.63, 3.8) is 0 Å². The van der Waals surface area contributed by atoms with Crippen molar-refractivity contribution < 1.29 is 44.3 Å². The average molecular weight is 463 g/mol. The van der Waals surface area contributed by atoms with Gasteiger partial charge in [0.25, 0.3) is 0 Å². The molecule has 0 spiro atoms. The number of aliphatic hydroxyl groups is 3. The maximum atomic E-state index is 12.5. The van der Waals surface area contributed by atoms with E-state index in [4.69, 9.17) is 9.84 Å². The van der Waals surface area contributed by atoms with E-state index in [1.54, 1.807) is 14.0 Å². The Morgan fingerprint density at radius 1 is 1.12 bits per heavy atom. The molecule has 13 nitrogen and oxygen atoms in total. The van der Waals surface area contributed by atoms with Gasteiger partial charge in [-0.15, -0.1) is 0 Å². The molecular formula is C19H34N4O9. The highest BCUT2D eigenvalue weighted by Crippen LogP contribution is 2.23. The molecule has 0 aliphatic carbocycles. The molecule has 1 saturated heterocycles. The molecule has 1 heterocycles. The van der Waals surface area contributed by atoms with E-state index < -0.39 is 66.9 Å². The highest BCUT2D eigenvalue weighted by atomic mass is 16.5. The van der Waals surface area contributed by atoms with E-state index in [1.807, 2.05) is 0 Å². The van der Waals surface area contributed by atoms with Crippen molar-refractivity contribution in [2.24, 2.45) is 0 Å². The van der Waals surface area contributed by atoms with Crippen LogP contribution in [0.25, 0.3) is 0 Å². The Labute approximate surface area is 185 Å². The SMILES string of the molecule is CCC[C@H](NC(=O)[C@H](C)NC(=O)CNC)C(=O)NC[C@@H](O)[C@H]1O[C@H](C(=O)O)C[C@@H](O)[C@H]1O. The van der Waals surface area contributed by atoms with Gasteiger partial charge in [0.1, 0.15) is 30.4 Å². The van der Waals surface area contributed by atoms with Gasteiger partial charge in [0.15, 0.2) is 6.10 Å². The Hall–Kier alpha value is -2.32. The van der Waals surface area contributed by atoms with E-state index >= 15 is 0 Å². The van der Waals surface area contributed by atoms with Crippen LogP contribution in [0.15, 0.2) is 0 Å². The third kappa shape index (κ3) is 8.31. The van der Waals surface area contributed by atoms with Gasteiger partial charge in [-0.25, -0.2) is 4.79 Å². The molecule has 1 rings (SSSR count). The van der Waals surface area contributed by atoms with Crippen LogP contribution in [0.2, 0.25) is 0 Å². The zero-order valence-corrected chi connectivity index (χ0v) is 18.4. The van der Waals surface area contributed by atoms with Gasteiger partial charge < -0.3 is 46.4 Å². The van der Waals surface area contributed by atoms with E-state index in [-0.39, 0.29) is 25.3 Å². The minimum Gasteiger partial charge on any atom is -0.479 e. The zero-order chi connectivity index (χ0) is 24.4. The molecule has 0 aromatic rings. The van der Waals surface area contributed by atoms with Gasteiger partial charge in [0.2, 0.25) is 17.7 Å². The number of aliphatic carboxylic acids is 1. The van der Waals surface area contributed by atoms with Crippen molar-refractivity contribution in [3.05, 3.63) is 0 Å². The molecule has 8 N–H and O–H groups in total. The minimum atomic E-state index is -1.54. The normalized spacial score (nSPS) is 25.8. The van der Waals surface area contributed by atoms with Gasteiger partial charge in [-0.3, -0.25) is 14.4 Å². The second-order valence-corrected chi connectivity index (χ2v) is 7.70. The summed E-state index contributed by atoms with van der Waals surface area (Å²) in [7, 11) is 1.58. The number of rotatable bonds is 12. The number of carbonyl (C=O) groups excluding carboxylic acids is 3. The second kappa shape index (κ2) is 13.3. The molecule has 13 heteroatoms. The number of nitrogens with one attached hydrogen (secondary N) is 4. The van der Waals surface area contributed by atoms with Crippen molar-refractivity contribution in [1.82, 2.24) is 21.3 Å². The number of carboxylic acid groups (broad SMARTS) is 1. The van der Waals surface area contributed by atoms with Crippen LogP contribution >= 0.6 is 0 Å². The van der Waals surface area contributed by atoms with Gasteiger partial charge in [-0.05, 0) is 20.4 Å². The number of ether oxygens (including phenoxy) is 1. The lowest BCUT2D eigenvalue weighted by Gasteiger charge is -2.37. The van der Waals surface area contributed by atoms with Gasteiger partial charge >= 0.3 is 5.97 Å². The molecule has 0 saturated carbocycles. The van der Waals surface area contributed by atoms with Crippen LogP contribution < -0.4 is 21.3 Å². The van der Waals surface area contributed by atoms with Gasteiger partial charge in [0, 0.05) is 13.0 Å². The fourth-order valence-electron chi connectivity index (χ4n) is 3.20. The van der Waals surface area contributed by atoms with Crippen LogP contribution in [0, 0.1) is 0 Å². The number of amides is 3. The average Bonchev–Trinajstić information content (AvgIpc) is 2.72. The lowest BCUT2D eigenvalue weighted by Crippen LogP contribution is -2.58. The number of likely N-dealkylation sites (N-methyl/N-ethyl adjacent to an activating group) is 1. The van der Waals surface area contributed by atoms with Crippen LogP contribution in [0.1, 0.15) is 33.1 Å². The largest absolute Gasteiger partial charge is 0.479 e. The predicted molar refractivity (Wildman–Crippen MR) is 110 cm³/mol. The molecule has 184 valence electrons. The fourth-order valence-corrected chi connectivity index (χ4v) is 3.20. The lowest BCUT2D eigenvalue weighted by atomic mass is 9.94. The molecule has 1 fully saturated rings. The summed E-state index contributed by atoms with van der Waals surface area (Å²) in [6, 6.07) is -1.83. The fraction of sp³-hybridized carbons (Fsp3) is 0.789. The minimum absolute atomic E-state index is 0.0287. The molecule has 0 bridgehead atoms. The standard InChI is InChI=1S/C19H34N4O9/c1-4-5-10(23-17(28)9(2)22-14(26)8-20-3)18(29)21-7-12(25)16-15(27)11(24)6-13(32-16)19(30)31/h9-13,15-16,20,24-25,27H,4-8H2,1-3H3,(H,21,29)(H,22,26)(H,23,28)(H,30,31)/t9-,10-,11+,12+,13-,15+,16+/m0/s1. The highest BCUT2D eigenvalue weighted by molar-refractivity contribution is 5.92. The number of hydrogen-bond donors (Lipinski definition) is 8. The third-order valence-corrected chi connectivity index (χ3v) is 4.97. The zero-order valence-electron chi connectivity index (χ0n) is 18.4. The van der Waals surface area contributed by atoms with Gasteiger partial charge in [-0.2, -0.15) is 0 Å². The number of carboxylic acids is 1. The Morgan fingerprint density at radius 3 is 2.34 bits per heavy atom. The van der Waals surface area contributed by atoms with E-state index in [1.165, 1.54) is 6.92 Å². The smallest absolute Gasteiger partial charge is 0.332 e. The summed E-state index contributed by atoms with van der Waals surface area (Å²) in [5.41, 5.74) is 0. The third-order valence-electron chi connectivity index (χ3n) is 4.97. The molecule has 0 radical (unpaired) electrons. The first-order chi connectivity index (χ1) is 15.0. The van der Waals surface area contributed by atoms with Gasteiger partial charge in [0.05, 0.1) is 12.6 Å². The number of carbonyl (C=O) groups is 4. The summed E-state index contributed by atoms with van der Waals surface area (Å²) in [6.45, 7) is 2.89. The quantitative estimate of drug-likeness (QED) is 0.143. The summed E-state index contributed by atoms with van der Waals surface area (Å²) in [5, 5.41) is 49.3. The first-order valence-electron chi connectivity index (χ1n) is 10.5. The van der Waals surface area contributed by atoms with Crippen LogP contribution in [-0.2, 0) is 23.9 Å². The molecule has 3 amide bonds. The van der Waals surface area contributed by atoms with Crippen molar-refractivity contribution in [1.29, 1.82) is 0 Å². The monoisotopic (exact) mass is 462 g/mol. The van der Waals surface area contributed by atoms with Crippen molar-refractivity contribution >= 4 is 23.7 Å². The lowest BCUT2D eigenvalue weighted by molar-refractivity contribution is -0.208. The second-order valence-electron chi connectivity index (χ2n) is 7.70. The topological polar surface area (TPSA) is 207 Å². The van der Waals surface area contributed by atoms with E-state index in [0.717, 1.165) is 0 Å². The summed E-state index contributed by atoms with van der Waals surface area (Å²) in [5.74, 6) is -2.92. The van der Waals surface area contributed by atoms with Gasteiger partial charge in [-0.1, -0.05) is 13.3 Å². The Morgan fingerprint density at radius 2 is 1.78 bits per heavy atom. The Kier molecular flexibility index (Phi) is 11.5. The van der Waals surface area contributed by atoms with Crippen molar-refractivity contribution in [3.8, 4) is 0 Å². The van der Waals surface area contributed by atoms with Crippen LogP contribution in [-0.4, -0.2) is 107 Å².